The Hall–Kier alpha value is -2.69. The van der Waals surface area contributed by atoms with E-state index in [-0.39, 0.29) is 5.69 Å². The van der Waals surface area contributed by atoms with Crippen molar-refractivity contribution in [3.8, 4) is 5.75 Å². The molecule has 22 heavy (non-hydrogen) atoms. The van der Waals surface area contributed by atoms with E-state index in [9.17, 15) is 13.6 Å². The van der Waals surface area contributed by atoms with E-state index in [2.05, 4.69) is 11.9 Å². The summed E-state index contributed by atoms with van der Waals surface area (Å²) in [7, 11) is 0. The number of nitrogens with one attached hydrogen (secondary N) is 1. The first-order valence-electron chi connectivity index (χ1n) is 6.59. The van der Waals surface area contributed by atoms with Crippen LogP contribution in [0, 0.1) is 11.6 Å². The van der Waals surface area contributed by atoms with Gasteiger partial charge in [-0.3, -0.25) is 4.79 Å². The quantitative estimate of drug-likeness (QED) is 0.842. The van der Waals surface area contributed by atoms with Crippen molar-refractivity contribution in [1.29, 1.82) is 0 Å². The summed E-state index contributed by atoms with van der Waals surface area (Å²) in [6.45, 7) is 5.92. The van der Waals surface area contributed by atoms with Gasteiger partial charge in [0, 0.05) is 17.3 Å². The Bertz CT molecular complexity index is 714. The smallest absolute Gasteiger partial charge is 0.255 e. The van der Waals surface area contributed by atoms with Gasteiger partial charge >= 0.3 is 0 Å². The highest BCUT2D eigenvalue weighted by molar-refractivity contribution is 6.04. The van der Waals surface area contributed by atoms with Gasteiger partial charge in [-0.25, -0.2) is 8.78 Å². The fourth-order valence-corrected chi connectivity index (χ4v) is 1.71. The van der Waals surface area contributed by atoms with Gasteiger partial charge in [0.1, 0.15) is 12.4 Å². The maximum Gasteiger partial charge on any atom is 0.255 e. The minimum atomic E-state index is -1.02. The summed E-state index contributed by atoms with van der Waals surface area (Å²) in [4.78, 5) is 12.1. The van der Waals surface area contributed by atoms with E-state index in [1.165, 1.54) is 6.07 Å². The van der Waals surface area contributed by atoms with Crippen molar-refractivity contribution >= 4 is 11.6 Å². The second kappa shape index (κ2) is 6.85. The molecule has 0 aliphatic carbocycles. The fourth-order valence-electron chi connectivity index (χ4n) is 1.71. The Morgan fingerprint density at radius 3 is 2.64 bits per heavy atom. The lowest BCUT2D eigenvalue weighted by Gasteiger charge is -2.09. The number of carbonyl (C=O) groups excluding carboxylic acids is 1. The molecular weight excluding hydrogens is 288 g/mol. The predicted molar refractivity (Wildman–Crippen MR) is 81.1 cm³/mol. The van der Waals surface area contributed by atoms with Gasteiger partial charge < -0.3 is 10.1 Å². The molecule has 2 aromatic carbocycles. The molecule has 1 amide bonds. The van der Waals surface area contributed by atoms with Crippen LogP contribution in [0.5, 0.6) is 5.75 Å². The molecule has 0 aliphatic heterocycles. The third kappa shape index (κ3) is 4.15. The van der Waals surface area contributed by atoms with Crippen molar-refractivity contribution in [3.63, 3.8) is 0 Å². The summed E-state index contributed by atoms with van der Waals surface area (Å²) in [5.41, 5.74) is 1.39. The average Bonchev–Trinajstić information content (AvgIpc) is 2.49. The van der Waals surface area contributed by atoms with Gasteiger partial charge in [0.25, 0.3) is 5.91 Å². The molecule has 0 heterocycles. The van der Waals surface area contributed by atoms with Gasteiger partial charge in [-0.2, -0.15) is 0 Å². The lowest BCUT2D eigenvalue weighted by molar-refractivity contribution is 0.102. The van der Waals surface area contributed by atoms with Crippen molar-refractivity contribution in [3.05, 3.63) is 71.8 Å². The number of ether oxygens (including phenoxy) is 1. The van der Waals surface area contributed by atoms with Crippen LogP contribution in [0.3, 0.4) is 0 Å². The monoisotopic (exact) mass is 303 g/mol. The van der Waals surface area contributed by atoms with E-state index in [1.54, 1.807) is 24.3 Å². The van der Waals surface area contributed by atoms with Crippen molar-refractivity contribution in [2.45, 2.75) is 6.92 Å². The second-order valence-electron chi connectivity index (χ2n) is 4.86. The van der Waals surface area contributed by atoms with Gasteiger partial charge in [0.2, 0.25) is 0 Å². The molecule has 0 atom stereocenters. The molecule has 1 N–H and O–H groups in total. The van der Waals surface area contributed by atoms with Gasteiger partial charge in [0.15, 0.2) is 11.6 Å². The number of anilines is 1. The van der Waals surface area contributed by atoms with E-state index >= 15 is 0 Å². The maximum atomic E-state index is 13.1. The van der Waals surface area contributed by atoms with Crippen LogP contribution < -0.4 is 10.1 Å². The molecule has 0 aromatic heterocycles. The molecule has 0 spiro atoms. The molecule has 3 nitrogen and oxygen atoms in total. The lowest BCUT2D eigenvalue weighted by atomic mass is 10.2. The molecule has 0 radical (unpaired) electrons. The topological polar surface area (TPSA) is 38.3 Å². The Morgan fingerprint density at radius 2 is 1.95 bits per heavy atom. The summed E-state index contributed by atoms with van der Waals surface area (Å²) in [6.07, 6.45) is 0. The van der Waals surface area contributed by atoms with Crippen LogP contribution in [-0.2, 0) is 0 Å². The zero-order chi connectivity index (χ0) is 16.1. The number of halogens is 2. The maximum absolute atomic E-state index is 13.1. The number of hydrogen-bond donors (Lipinski definition) is 1. The summed E-state index contributed by atoms with van der Waals surface area (Å²) in [5.74, 6) is -1.89. The van der Waals surface area contributed by atoms with Crippen molar-refractivity contribution < 1.29 is 18.3 Å². The summed E-state index contributed by atoms with van der Waals surface area (Å²) in [6, 6.07) is 9.73. The highest BCUT2D eigenvalue weighted by Crippen LogP contribution is 2.17. The van der Waals surface area contributed by atoms with E-state index in [4.69, 9.17) is 4.74 Å². The molecule has 5 heteroatoms. The Labute approximate surface area is 127 Å². The first kappa shape index (κ1) is 15.7. The SMILES string of the molecule is C=C(C)COc1cccc(C(=O)Nc2ccc(F)c(F)c2)c1. The van der Waals surface area contributed by atoms with Crippen LogP contribution >= 0.6 is 0 Å². The van der Waals surface area contributed by atoms with Crippen molar-refractivity contribution in [1.82, 2.24) is 0 Å². The molecular formula is C17H15F2NO2. The number of rotatable bonds is 5. The Morgan fingerprint density at radius 1 is 1.18 bits per heavy atom. The largest absolute Gasteiger partial charge is 0.489 e. The highest BCUT2D eigenvalue weighted by Gasteiger charge is 2.09. The molecule has 0 saturated heterocycles. The number of amides is 1. The zero-order valence-electron chi connectivity index (χ0n) is 12.0. The van der Waals surface area contributed by atoms with Gasteiger partial charge in [-0.15, -0.1) is 0 Å². The summed E-state index contributed by atoms with van der Waals surface area (Å²) < 4.78 is 31.4. The van der Waals surface area contributed by atoms with Gasteiger partial charge in [0.05, 0.1) is 0 Å². The molecule has 0 aliphatic rings. The molecule has 0 fully saturated rings. The second-order valence-corrected chi connectivity index (χ2v) is 4.86. The minimum Gasteiger partial charge on any atom is -0.489 e. The molecule has 114 valence electrons. The first-order chi connectivity index (χ1) is 10.5. The van der Waals surface area contributed by atoms with E-state index in [1.807, 2.05) is 6.92 Å². The Kier molecular flexibility index (Phi) is 4.88. The molecule has 2 aromatic rings. The molecule has 0 bridgehead atoms. The van der Waals surface area contributed by atoms with E-state index < -0.39 is 17.5 Å². The summed E-state index contributed by atoms with van der Waals surface area (Å²) >= 11 is 0. The predicted octanol–water partition coefficient (Wildman–Crippen LogP) is 4.17. The third-order valence-corrected chi connectivity index (χ3v) is 2.76. The number of carbonyl (C=O) groups is 1. The van der Waals surface area contributed by atoms with Crippen LogP contribution in [0.1, 0.15) is 17.3 Å². The van der Waals surface area contributed by atoms with Crippen molar-refractivity contribution in [2.24, 2.45) is 0 Å². The van der Waals surface area contributed by atoms with Crippen LogP contribution in [-0.4, -0.2) is 12.5 Å². The molecule has 0 unspecified atom stereocenters. The average molecular weight is 303 g/mol. The van der Waals surface area contributed by atoms with Crippen molar-refractivity contribution in [2.75, 3.05) is 11.9 Å². The highest BCUT2D eigenvalue weighted by atomic mass is 19.2. The number of benzene rings is 2. The molecule has 2 rings (SSSR count). The first-order valence-corrected chi connectivity index (χ1v) is 6.59. The van der Waals surface area contributed by atoms with Crippen LogP contribution in [0.15, 0.2) is 54.6 Å². The summed E-state index contributed by atoms with van der Waals surface area (Å²) in [5, 5.41) is 2.50. The lowest BCUT2D eigenvalue weighted by Crippen LogP contribution is -2.12. The minimum absolute atomic E-state index is 0.178. The van der Waals surface area contributed by atoms with Gasteiger partial charge in [-0.1, -0.05) is 12.6 Å². The number of hydrogen-bond acceptors (Lipinski definition) is 2. The third-order valence-electron chi connectivity index (χ3n) is 2.76. The normalized spacial score (nSPS) is 10.1. The Balaban J connectivity index is 2.10. The van der Waals surface area contributed by atoms with E-state index in [0.717, 1.165) is 17.7 Å². The van der Waals surface area contributed by atoms with E-state index in [0.29, 0.717) is 17.9 Å². The van der Waals surface area contributed by atoms with Gasteiger partial charge in [-0.05, 0) is 42.8 Å². The fraction of sp³-hybridized carbons (Fsp3) is 0.118. The van der Waals surface area contributed by atoms with Crippen LogP contribution in [0.2, 0.25) is 0 Å². The standard InChI is InChI=1S/C17H15F2NO2/c1-11(2)10-22-14-5-3-4-12(8-14)17(21)20-13-6-7-15(18)16(19)9-13/h3-9H,1,10H2,2H3,(H,20,21). The zero-order valence-corrected chi connectivity index (χ0v) is 12.0. The van der Waals surface area contributed by atoms with Crippen LogP contribution in [0.25, 0.3) is 0 Å². The molecule has 0 saturated carbocycles. The van der Waals surface area contributed by atoms with Crippen LogP contribution in [0.4, 0.5) is 14.5 Å².